The van der Waals surface area contributed by atoms with Crippen molar-refractivity contribution in [2.75, 3.05) is 6.54 Å². The first-order valence-corrected chi connectivity index (χ1v) is 7.39. The van der Waals surface area contributed by atoms with Crippen molar-refractivity contribution in [3.63, 3.8) is 0 Å². The summed E-state index contributed by atoms with van der Waals surface area (Å²) >= 11 is 0. The molecule has 5 heteroatoms. The molecular weight excluding hydrogens is 264 g/mol. The molecule has 0 saturated carbocycles. The van der Waals surface area contributed by atoms with Gasteiger partial charge in [-0.05, 0) is 44.4 Å². The van der Waals surface area contributed by atoms with Crippen LogP contribution in [0.3, 0.4) is 0 Å². The molecule has 3 heterocycles. The summed E-state index contributed by atoms with van der Waals surface area (Å²) in [5.41, 5.74) is 2.50. The van der Waals surface area contributed by atoms with E-state index >= 15 is 0 Å². The molecule has 1 amide bonds. The highest BCUT2D eigenvalue weighted by atomic mass is 16.2. The van der Waals surface area contributed by atoms with Crippen LogP contribution in [-0.4, -0.2) is 32.1 Å². The number of carbonyl (C=O) groups excluding carboxylic acids is 1. The van der Waals surface area contributed by atoms with E-state index in [1.807, 2.05) is 41.8 Å². The van der Waals surface area contributed by atoms with Crippen LogP contribution in [0.5, 0.6) is 0 Å². The van der Waals surface area contributed by atoms with E-state index in [1.165, 1.54) is 0 Å². The van der Waals surface area contributed by atoms with Crippen LogP contribution < -0.4 is 0 Å². The zero-order valence-electron chi connectivity index (χ0n) is 12.5. The van der Waals surface area contributed by atoms with Gasteiger partial charge in [-0.3, -0.25) is 9.48 Å². The van der Waals surface area contributed by atoms with Crippen molar-refractivity contribution in [1.82, 2.24) is 19.7 Å². The van der Waals surface area contributed by atoms with Gasteiger partial charge in [0.05, 0.1) is 11.7 Å². The molecule has 1 saturated heterocycles. The first-order valence-electron chi connectivity index (χ1n) is 7.39. The number of pyridine rings is 1. The molecule has 3 rings (SSSR count). The standard InChI is InChI=1S/C16H20N4O/c1-12-6-5-7-13(18-12)16(21)20-11-4-3-8-15(20)14-9-10-17-19(14)2/h5-7,9-10,15H,3-4,8,11H2,1-2H3. The molecule has 0 N–H and O–H groups in total. The summed E-state index contributed by atoms with van der Waals surface area (Å²) in [4.78, 5) is 19.1. The van der Waals surface area contributed by atoms with Crippen LogP contribution in [0.2, 0.25) is 0 Å². The number of aromatic nitrogens is 3. The molecule has 1 aliphatic heterocycles. The van der Waals surface area contributed by atoms with Gasteiger partial charge in [0.15, 0.2) is 0 Å². The highest BCUT2D eigenvalue weighted by molar-refractivity contribution is 5.92. The van der Waals surface area contributed by atoms with Crippen molar-refractivity contribution < 1.29 is 4.79 Å². The number of nitrogens with zero attached hydrogens (tertiary/aromatic N) is 4. The lowest BCUT2D eigenvalue weighted by Gasteiger charge is -2.35. The van der Waals surface area contributed by atoms with Gasteiger partial charge in [-0.1, -0.05) is 6.07 Å². The first-order chi connectivity index (χ1) is 10.2. The van der Waals surface area contributed by atoms with Crippen molar-refractivity contribution in [2.24, 2.45) is 7.05 Å². The molecule has 110 valence electrons. The maximum Gasteiger partial charge on any atom is 0.273 e. The summed E-state index contributed by atoms with van der Waals surface area (Å²) in [5.74, 6) is 0.0181. The number of piperidine rings is 1. The van der Waals surface area contributed by atoms with Crippen molar-refractivity contribution in [2.45, 2.75) is 32.2 Å². The Hall–Kier alpha value is -2.17. The fourth-order valence-corrected chi connectivity index (χ4v) is 3.00. The molecule has 1 aliphatic rings. The second-order valence-corrected chi connectivity index (χ2v) is 5.55. The van der Waals surface area contributed by atoms with E-state index < -0.39 is 0 Å². The predicted octanol–water partition coefficient (Wildman–Crippen LogP) is 2.49. The maximum atomic E-state index is 12.8. The van der Waals surface area contributed by atoms with Gasteiger partial charge in [0.2, 0.25) is 0 Å². The summed E-state index contributed by atoms with van der Waals surface area (Å²) in [7, 11) is 1.93. The number of hydrogen-bond donors (Lipinski definition) is 0. The minimum absolute atomic E-state index is 0.0181. The molecule has 21 heavy (non-hydrogen) atoms. The average molecular weight is 284 g/mol. The third kappa shape index (κ3) is 2.68. The van der Waals surface area contributed by atoms with E-state index in [1.54, 1.807) is 12.3 Å². The lowest BCUT2D eigenvalue weighted by atomic mass is 9.98. The number of carbonyl (C=O) groups is 1. The van der Waals surface area contributed by atoms with Crippen LogP contribution >= 0.6 is 0 Å². The summed E-state index contributed by atoms with van der Waals surface area (Å²) < 4.78 is 1.86. The molecule has 0 radical (unpaired) electrons. The largest absolute Gasteiger partial charge is 0.329 e. The lowest BCUT2D eigenvalue weighted by molar-refractivity contribution is 0.0595. The number of amides is 1. The van der Waals surface area contributed by atoms with E-state index in [-0.39, 0.29) is 11.9 Å². The van der Waals surface area contributed by atoms with Crippen LogP contribution in [0.1, 0.15) is 47.2 Å². The second-order valence-electron chi connectivity index (χ2n) is 5.55. The summed E-state index contributed by atoms with van der Waals surface area (Å²) in [6.07, 6.45) is 4.96. The van der Waals surface area contributed by atoms with E-state index in [0.29, 0.717) is 5.69 Å². The molecule has 0 aromatic carbocycles. The van der Waals surface area contributed by atoms with Gasteiger partial charge >= 0.3 is 0 Å². The summed E-state index contributed by atoms with van der Waals surface area (Å²) in [6, 6.07) is 7.69. The summed E-state index contributed by atoms with van der Waals surface area (Å²) in [5, 5.41) is 4.24. The highest BCUT2D eigenvalue weighted by Gasteiger charge is 2.30. The van der Waals surface area contributed by atoms with Gasteiger partial charge in [0.25, 0.3) is 5.91 Å². The quantitative estimate of drug-likeness (QED) is 0.851. The molecular formula is C16H20N4O. The Bertz CT molecular complexity index is 649. The van der Waals surface area contributed by atoms with Crippen molar-refractivity contribution >= 4 is 5.91 Å². The fraction of sp³-hybridized carbons (Fsp3) is 0.438. The van der Waals surface area contributed by atoms with Crippen LogP contribution in [0.15, 0.2) is 30.5 Å². The number of likely N-dealkylation sites (tertiary alicyclic amines) is 1. The Labute approximate surface area is 124 Å². The normalized spacial score (nSPS) is 18.8. The maximum absolute atomic E-state index is 12.8. The van der Waals surface area contributed by atoms with Gasteiger partial charge in [0.1, 0.15) is 5.69 Å². The van der Waals surface area contributed by atoms with E-state index in [4.69, 9.17) is 0 Å². The molecule has 1 fully saturated rings. The van der Waals surface area contributed by atoms with Gasteiger partial charge in [-0.2, -0.15) is 5.10 Å². The van der Waals surface area contributed by atoms with Crippen molar-refractivity contribution in [1.29, 1.82) is 0 Å². The third-order valence-corrected chi connectivity index (χ3v) is 4.07. The molecule has 0 bridgehead atoms. The van der Waals surface area contributed by atoms with Crippen LogP contribution in [0, 0.1) is 6.92 Å². The third-order valence-electron chi connectivity index (χ3n) is 4.07. The zero-order valence-corrected chi connectivity index (χ0v) is 12.5. The monoisotopic (exact) mass is 284 g/mol. The van der Waals surface area contributed by atoms with Crippen LogP contribution in [0.4, 0.5) is 0 Å². The minimum atomic E-state index is 0.0181. The number of aryl methyl sites for hydroxylation is 2. The molecule has 0 aliphatic carbocycles. The van der Waals surface area contributed by atoms with Crippen molar-refractivity contribution in [3.05, 3.63) is 47.5 Å². The van der Waals surface area contributed by atoms with Gasteiger partial charge in [-0.25, -0.2) is 4.98 Å². The molecule has 0 spiro atoms. The van der Waals surface area contributed by atoms with Crippen LogP contribution in [0.25, 0.3) is 0 Å². The van der Waals surface area contributed by atoms with Crippen molar-refractivity contribution in [3.8, 4) is 0 Å². The molecule has 5 nitrogen and oxygen atoms in total. The Kier molecular flexibility index (Phi) is 3.73. The SMILES string of the molecule is Cc1cccc(C(=O)N2CCCCC2c2ccnn2C)n1. The van der Waals surface area contributed by atoms with Gasteiger partial charge in [0, 0.05) is 25.5 Å². The predicted molar refractivity (Wildman–Crippen MR) is 79.8 cm³/mol. The Morgan fingerprint density at radius 1 is 1.29 bits per heavy atom. The van der Waals surface area contributed by atoms with E-state index in [9.17, 15) is 4.79 Å². The molecule has 2 aromatic rings. The number of hydrogen-bond acceptors (Lipinski definition) is 3. The zero-order chi connectivity index (χ0) is 14.8. The minimum Gasteiger partial charge on any atom is -0.329 e. The molecule has 1 atom stereocenters. The number of rotatable bonds is 2. The lowest BCUT2D eigenvalue weighted by Crippen LogP contribution is -2.39. The average Bonchev–Trinajstić information content (AvgIpc) is 2.92. The molecule has 1 unspecified atom stereocenters. The van der Waals surface area contributed by atoms with E-state index in [2.05, 4.69) is 10.1 Å². The van der Waals surface area contributed by atoms with Crippen LogP contribution in [-0.2, 0) is 7.05 Å². The smallest absolute Gasteiger partial charge is 0.273 e. The Balaban J connectivity index is 1.91. The highest BCUT2D eigenvalue weighted by Crippen LogP contribution is 2.31. The van der Waals surface area contributed by atoms with E-state index in [0.717, 1.165) is 37.2 Å². The Morgan fingerprint density at radius 3 is 2.86 bits per heavy atom. The topological polar surface area (TPSA) is 51.0 Å². The Morgan fingerprint density at radius 2 is 2.14 bits per heavy atom. The fourth-order valence-electron chi connectivity index (χ4n) is 3.00. The first kappa shape index (κ1) is 13.8. The van der Waals surface area contributed by atoms with Gasteiger partial charge < -0.3 is 4.90 Å². The van der Waals surface area contributed by atoms with Gasteiger partial charge in [-0.15, -0.1) is 0 Å². The second kappa shape index (κ2) is 5.68. The summed E-state index contributed by atoms with van der Waals surface area (Å²) in [6.45, 7) is 2.69. The molecule has 2 aromatic heterocycles.